The smallest absolute Gasteiger partial charge is 0.171 e. The first-order valence-corrected chi connectivity index (χ1v) is 6.80. The minimum Gasteiger partial charge on any atom is -0.351 e. The van der Waals surface area contributed by atoms with Crippen molar-refractivity contribution < 1.29 is 0 Å². The molecule has 2 saturated carbocycles. The van der Waals surface area contributed by atoms with E-state index in [0.29, 0.717) is 11.2 Å². The summed E-state index contributed by atoms with van der Waals surface area (Å²) in [5, 5.41) is 0.570. The van der Waals surface area contributed by atoms with Crippen LogP contribution in [0.3, 0.4) is 0 Å². The Hall–Kier alpha value is -0.830. The Morgan fingerprint density at radius 1 is 1.12 bits per heavy atom. The monoisotopic (exact) mass is 251 g/mol. The van der Waals surface area contributed by atoms with E-state index in [1.807, 2.05) is 13.8 Å². The van der Waals surface area contributed by atoms with Gasteiger partial charge in [0.25, 0.3) is 0 Å². The molecule has 3 rings (SSSR count). The Morgan fingerprint density at radius 3 is 2.35 bits per heavy atom. The zero-order chi connectivity index (χ0) is 12.0. The average molecular weight is 252 g/mol. The Balaban J connectivity index is 1.90. The summed E-state index contributed by atoms with van der Waals surface area (Å²) in [6.45, 7) is 5.08. The molecule has 4 heteroatoms. The molecule has 2 fully saturated rings. The molecule has 0 N–H and O–H groups in total. The van der Waals surface area contributed by atoms with Gasteiger partial charge in [-0.1, -0.05) is 11.6 Å². The van der Waals surface area contributed by atoms with Crippen LogP contribution in [0.15, 0.2) is 0 Å². The van der Waals surface area contributed by atoms with Gasteiger partial charge in [-0.3, -0.25) is 0 Å². The fraction of sp³-hybridized carbons (Fsp3) is 0.692. The van der Waals surface area contributed by atoms with Crippen molar-refractivity contribution in [2.75, 3.05) is 11.4 Å². The van der Waals surface area contributed by atoms with E-state index in [-0.39, 0.29) is 0 Å². The molecule has 3 nitrogen and oxygen atoms in total. The number of nitrogens with zero attached hydrogens (tertiary/aromatic N) is 3. The molecule has 0 unspecified atom stereocenters. The molecule has 1 heterocycles. The van der Waals surface area contributed by atoms with Crippen molar-refractivity contribution in [2.24, 2.45) is 5.92 Å². The normalized spacial score (nSPS) is 19.5. The van der Waals surface area contributed by atoms with Crippen LogP contribution in [0.1, 0.15) is 37.1 Å². The minimum absolute atomic E-state index is 0.570. The van der Waals surface area contributed by atoms with Gasteiger partial charge in [-0.2, -0.15) is 0 Å². The van der Waals surface area contributed by atoms with Crippen molar-refractivity contribution in [3.8, 4) is 0 Å². The summed E-state index contributed by atoms with van der Waals surface area (Å²) in [7, 11) is 0. The quantitative estimate of drug-likeness (QED) is 0.823. The summed E-state index contributed by atoms with van der Waals surface area (Å²) < 4.78 is 0. The van der Waals surface area contributed by atoms with Gasteiger partial charge in [0, 0.05) is 12.6 Å². The van der Waals surface area contributed by atoms with Crippen molar-refractivity contribution in [2.45, 2.75) is 45.6 Å². The molecule has 2 aliphatic rings. The van der Waals surface area contributed by atoms with Crippen LogP contribution in [0.4, 0.5) is 5.82 Å². The number of halogens is 1. The van der Waals surface area contributed by atoms with Crippen LogP contribution in [0.5, 0.6) is 0 Å². The second-order valence-electron chi connectivity index (χ2n) is 5.34. The first kappa shape index (κ1) is 11.3. The lowest BCUT2D eigenvalue weighted by Crippen LogP contribution is -2.29. The Morgan fingerprint density at radius 2 is 1.76 bits per heavy atom. The summed E-state index contributed by atoms with van der Waals surface area (Å²) in [4.78, 5) is 11.4. The maximum Gasteiger partial charge on any atom is 0.171 e. The zero-order valence-corrected chi connectivity index (χ0v) is 11.2. The van der Waals surface area contributed by atoms with E-state index in [4.69, 9.17) is 11.6 Å². The highest BCUT2D eigenvalue weighted by Gasteiger charge is 2.35. The van der Waals surface area contributed by atoms with E-state index < -0.39 is 0 Å². The third-order valence-corrected chi connectivity index (χ3v) is 3.91. The molecule has 0 aliphatic heterocycles. The number of aromatic nitrogens is 2. The summed E-state index contributed by atoms with van der Waals surface area (Å²) in [6, 6.07) is 0.657. The van der Waals surface area contributed by atoms with E-state index in [9.17, 15) is 0 Å². The molecular formula is C13H18ClN3. The fourth-order valence-corrected chi connectivity index (χ4v) is 2.40. The third-order valence-electron chi connectivity index (χ3n) is 3.66. The van der Waals surface area contributed by atoms with E-state index in [1.165, 1.54) is 25.7 Å². The van der Waals surface area contributed by atoms with Gasteiger partial charge in [-0.05, 0) is 45.4 Å². The van der Waals surface area contributed by atoms with Crippen LogP contribution in [0, 0.1) is 19.8 Å². The number of hydrogen-bond donors (Lipinski definition) is 0. The van der Waals surface area contributed by atoms with Crippen molar-refractivity contribution in [3.63, 3.8) is 0 Å². The Bertz CT molecular complexity index is 439. The summed E-state index contributed by atoms with van der Waals surface area (Å²) in [5.74, 6) is 1.76. The summed E-state index contributed by atoms with van der Waals surface area (Å²) >= 11 is 6.26. The lowest BCUT2D eigenvalue weighted by molar-refractivity contribution is 0.704. The number of anilines is 1. The van der Waals surface area contributed by atoms with Crippen molar-refractivity contribution in [3.05, 3.63) is 16.5 Å². The molecule has 0 bridgehead atoms. The minimum atomic E-state index is 0.570. The molecule has 0 atom stereocenters. The standard InChI is InChI=1S/C13H18ClN3/c1-8-9(2)16-13(12(14)15-8)17(11-5-6-11)7-10-3-4-10/h10-11H,3-7H2,1-2H3. The molecule has 0 saturated heterocycles. The van der Waals surface area contributed by atoms with Crippen molar-refractivity contribution in [1.29, 1.82) is 0 Å². The number of aryl methyl sites for hydroxylation is 2. The summed E-state index contributed by atoms with van der Waals surface area (Å²) in [6.07, 6.45) is 5.27. The van der Waals surface area contributed by atoms with E-state index in [2.05, 4.69) is 14.9 Å². The number of rotatable bonds is 4. The second-order valence-corrected chi connectivity index (χ2v) is 5.69. The number of hydrogen-bond acceptors (Lipinski definition) is 3. The highest BCUT2D eigenvalue weighted by molar-refractivity contribution is 6.31. The van der Waals surface area contributed by atoms with E-state index in [0.717, 1.165) is 29.7 Å². The molecule has 0 amide bonds. The molecular weight excluding hydrogens is 234 g/mol. The maximum absolute atomic E-state index is 6.26. The van der Waals surface area contributed by atoms with Gasteiger partial charge in [0.2, 0.25) is 0 Å². The molecule has 0 radical (unpaired) electrons. The van der Waals surface area contributed by atoms with Gasteiger partial charge in [0.1, 0.15) is 0 Å². The Labute approximate surface area is 107 Å². The molecule has 0 aromatic carbocycles. The van der Waals surface area contributed by atoms with Gasteiger partial charge in [0.05, 0.1) is 11.4 Å². The molecule has 17 heavy (non-hydrogen) atoms. The zero-order valence-electron chi connectivity index (χ0n) is 10.4. The largest absolute Gasteiger partial charge is 0.351 e. The molecule has 1 aromatic rings. The van der Waals surface area contributed by atoms with E-state index in [1.54, 1.807) is 0 Å². The molecule has 2 aliphatic carbocycles. The lowest BCUT2D eigenvalue weighted by atomic mass is 10.3. The van der Waals surface area contributed by atoms with Crippen molar-refractivity contribution in [1.82, 2.24) is 9.97 Å². The average Bonchev–Trinajstić information content (AvgIpc) is 3.14. The Kier molecular flexibility index (Phi) is 2.74. The van der Waals surface area contributed by atoms with Gasteiger partial charge in [0.15, 0.2) is 11.0 Å². The predicted molar refractivity (Wildman–Crippen MR) is 69.6 cm³/mol. The van der Waals surface area contributed by atoms with Crippen LogP contribution in [0.2, 0.25) is 5.15 Å². The highest BCUT2D eigenvalue weighted by atomic mass is 35.5. The third kappa shape index (κ3) is 2.39. The predicted octanol–water partition coefficient (Wildman–Crippen LogP) is 3.13. The molecule has 92 valence electrons. The van der Waals surface area contributed by atoms with Gasteiger partial charge < -0.3 is 4.90 Å². The van der Waals surface area contributed by atoms with Gasteiger partial charge in [-0.15, -0.1) is 0 Å². The molecule has 1 aromatic heterocycles. The summed E-state index contributed by atoms with van der Waals surface area (Å²) in [5.41, 5.74) is 1.92. The van der Waals surface area contributed by atoms with Crippen LogP contribution >= 0.6 is 11.6 Å². The van der Waals surface area contributed by atoms with Crippen LogP contribution in [-0.2, 0) is 0 Å². The highest BCUT2D eigenvalue weighted by Crippen LogP contribution is 2.38. The van der Waals surface area contributed by atoms with Crippen LogP contribution in [0.25, 0.3) is 0 Å². The maximum atomic E-state index is 6.26. The van der Waals surface area contributed by atoms with E-state index >= 15 is 0 Å². The lowest BCUT2D eigenvalue weighted by Gasteiger charge is -2.24. The fourth-order valence-electron chi connectivity index (χ4n) is 2.12. The second kappa shape index (κ2) is 4.13. The topological polar surface area (TPSA) is 29.0 Å². The van der Waals surface area contributed by atoms with Gasteiger partial charge >= 0.3 is 0 Å². The SMILES string of the molecule is Cc1nc(Cl)c(N(CC2CC2)C2CC2)nc1C. The van der Waals surface area contributed by atoms with Gasteiger partial charge in [-0.25, -0.2) is 9.97 Å². The van der Waals surface area contributed by atoms with Crippen LogP contribution < -0.4 is 4.90 Å². The van der Waals surface area contributed by atoms with Crippen LogP contribution in [-0.4, -0.2) is 22.6 Å². The first-order chi connectivity index (χ1) is 8.15. The first-order valence-electron chi connectivity index (χ1n) is 6.42. The molecule has 0 spiro atoms. The van der Waals surface area contributed by atoms with Crippen molar-refractivity contribution >= 4 is 17.4 Å².